The van der Waals surface area contributed by atoms with Crippen molar-refractivity contribution in [3.05, 3.63) is 36.3 Å². The highest BCUT2D eigenvalue weighted by Gasteiger charge is 2.28. The number of amides is 1. The molecule has 8 nitrogen and oxygen atoms in total. The first kappa shape index (κ1) is 17.3. The summed E-state index contributed by atoms with van der Waals surface area (Å²) >= 11 is 0. The Bertz CT molecular complexity index is 717. The molecule has 2 aromatic rings. The summed E-state index contributed by atoms with van der Waals surface area (Å²) in [5, 5.41) is 3.03. The quantitative estimate of drug-likeness (QED) is 0.849. The lowest BCUT2D eigenvalue weighted by Gasteiger charge is -2.33. The number of aryl methyl sites for hydroxylation is 2. The Balaban J connectivity index is 1.62. The summed E-state index contributed by atoms with van der Waals surface area (Å²) in [5.41, 5.74) is 0.741. The zero-order chi connectivity index (χ0) is 17.6. The van der Waals surface area contributed by atoms with Crippen LogP contribution in [-0.2, 0) is 22.5 Å². The van der Waals surface area contributed by atoms with Crippen LogP contribution in [0.4, 0.5) is 5.82 Å². The molecular formula is C17H24N6O2. The molecule has 1 atom stereocenters. The van der Waals surface area contributed by atoms with Gasteiger partial charge in [-0.25, -0.2) is 9.97 Å². The van der Waals surface area contributed by atoms with Crippen LogP contribution in [0.15, 0.2) is 24.8 Å². The summed E-state index contributed by atoms with van der Waals surface area (Å²) in [6.45, 7) is 4.32. The van der Waals surface area contributed by atoms with Gasteiger partial charge in [-0.2, -0.15) is 0 Å². The Hall–Kier alpha value is -2.48. The lowest BCUT2D eigenvalue weighted by Crippen LogP contribution is -2.42. The van der Waals surface area contributed by atoms with Crippen molar-refractivity contribution >= 4 is 11.7 Å². The van der Waals surface area contributed by atoms with Crippen LogP contribution in [0.25, 0.3) is 0 Å². The Morgan fingerprint density at radius 1 is 1.32 bits per heavy atom. The molecule has 0 aromatic carbocycles. The third-order valence-corrected chi connectivity index (χ3v) is 4.37. The Kier molecular flexibility index (Phi) is 5.60. The molecule has 1 unspecified atom stereocenters. The number of rotatable bonds is 6. The molecular weight excluding hydrogens is 320 g/mol. The average molecular weight is 344 g/mol. The van der Waals surface area contributed by atoms with Gasteiger partial charge in [-0.05, 0) is 0 Å². The third-order valence-electron chi connectivity index (χ3n) is 4.37. The molecule has 8 heteroatoms. The standard InChI is InChI=1S/C17H24N6O2/c1-3-14-19-7-9-22(14)8-4-15(24)23-10-11-25-13(12-23)16-17(18-2)21-6-5-20-16/h5-7,9,13H,3-4,8,10-12H2,1-2H3,(H,18,21). The highest BCUT2D eigenvalue weighted by molar-refractivity contribution is 5.76. The lowest BCUT2D eigenvalue weighted by molar-refractivity contribution is -0.139. The van der Waals surface area contributed by atoms with Crippen LogP contribution in [0, 0.1) is 0 Å². The molecule has 3 heterocycles. The van der Waals surface area contributed by atoms with E-state index >= 15 is 0 Å². The number of ether oxygens (including phenoxy) is 1. The predicted octanol–water partition coefficient (Wildman–Crippen LogP) is 1.27. The summed E-state index contributed by atoms with van der Waals surface area (Å²) < 4.78 is 7.86. The number of hydrogen-bond acceptors (Lipinski definition) is 6. The Labute approximate surface area is 147 Å². The van der Waals surface area contributed by atoms with E-state index in [0.717, 1.165) is 17.9 Å². The zero-order valence-electron chi connectivity index (χ0n) is 14.7. The normalized spacial score (nSPS) is 17.5. The largest absolute Gasteiger partial charge is 0.372 e. The maximum atomic E-state index is 12.6. The van der Waals surface area contributed by atoms with Crippen molar-refractivity contribution in [2.45, 2.75) is 32.4 Å². The molecule has 0 aliphatic carbocycles. The first-order chi connectivity index (χ1) is 12.2. The fourth-order valence-corrected chi connectivity index (χ4v) is 3.05. The smallest absolute Gasteiger partial charge is 0.224 e. The molecule has 2 aromatic heterocycles. The van der Waals surface area contributed by atoms with E-state index in [2.05, 4.69) is 27.2 Å². The van der Waals surface area contributed by atoms with Crippen LogP contribution in [0.5, 0.6) is 0 Å². The minimum absolute atomic E-state index is 0.124. The molecule has 3 rings (SSSR count). The summed E-state index contributed by atoms with van der Waals surface area (Å²) in [6, 6.07) is 0. The first-order valence-electron chi connectivity index (χ1n) is 8.61. The molecule has 0 radical (unpaired) electrons. The fraction of sp³-hybridized carbons (Fsp3) is 0.529. The SMILES string of the molecule is CCc1nccn1CCC(=O)N1CCOC(c2nccnc2NC)C1. The van der Waals surface area contributed by atoms with Gasteiger partial charge in [0.25, 0.3) is 0 Å². The van der Waals surface area contributed by atoms with Crippen LogP contribution in [0.1, 0.15) is 31.0 Å². The van der Waals surface area contributed by atoms with Crippen LogP contribution >= 0.6 is 0 Å². The topological polar surface area (TPSA) is 85.2 Å². The van der Waals surface area contributed by atoms with Gasteiger partial charge in [-0.15, -0.1) is 0 Å². The molecule has 25 heavy (non-hydrogen) atoms. The van der Waals surface area contributed by atoms with E-state index in [1.54, 1.807) is 25.6 Å². The van der Waals surface area contributed by atoms with Gasteiger partial charge in [-0.1, -0.05) is 6.92 Å². The minimum Gasteiger partial charge on any atom is -0.372 e. The molecule has 1 amide bonds. The molecule has 0 saturated carbocycles. The highest BCUT2D eigenvalue weighted by atomic mass is 16.5. The zero-order valence-corrected chi connectivity index (χ0v) is 14.7. The number of carbonyl (C=O) groups is 1. The Morgan fingerprint density at radius 2 is 2.16 bits per heavy atom. The van der Waals surface area contributed by atoms with Crippen LogP contribution in [-0.4, -0.2) is 57.1 Å². The number of aromatic nitrogens is 4. The number of anilines is 1. The number of nitrogens with zero attached hydrogens (tertiary/aromatic N) is 5. The van der Waals surface area contributed by atoms with Gasteiger partial charge < -0.3 is 19.5 Å². The second kappa shape index (κ2) is 8.06. The van der Waals surface area contributed by atoms with Crippen molar-refractivity contribution < 1.29 is 9.53 Å². The van der Waals surface area contributed by atoms with Crippen LogP contribution in [0.3, 0.4) is 0 Å². The van der Waals surface area contributed by atoms with Crippen LogP contribution < -0.4 is 5.32 Å². The van der Waals surface area contributed by atoms with E-state index in [4.69, 9.17) is 4.74 Å². The van der Waals surface area contributed by atoms with Crippen molar-refractivity contribution in [1.82, 2.24) is 24.4 Å². The van der Waals surface area contributed by atoms with Gasteiger partial charge in [0.2, 0.25) is 5.91 Å². The van der Waals surface area contributed by atoms with E-state index in [1.807, 2.05) is 15.7 Å². The molecule has 0 spiro atoms. The van der Waals surface area contributed by atoms with Gasteiger partial charge >= 0.3 is 0 Å². The maximum Gasteiger partial charge on any atom is 0.224 e. The summed E-state index contributed by atoms with van der Waals surface area (Å²) in [7, 11) is 1.80. The number of morpholine rings is 1. The van der Waals surface area contributed by atoms with E-state index in [1.165, 1.54) is 0 Å². The fourth-order valence-electron chi connectivity index (χ4n) is 3.05. The molecule has 0 bridgehead atoms. The van der Waals surface area contributed by atoms with Crippen molar-refractivity contribution in [3.63, 3.8) is 0 Å². The monoisotopic (exact) mass is 344 g/mol. The molecule has 1 N–H and O–H groups in total. The molecule has 134 valence electrons. The number of nitrogens with one attached hydrogen (secondary N) is 1. The van der Waals surface area contributed by atoms with Crippen molar-refractivity contribution in [2.75, 3.05) is 32.1 Å². The summed E-state index contributed by atoms with van der Waals surface area (Å²) in [4.78, 5) is 27.4. The van der Waals surface area contributed by atoms with E-state index in [9.17, 15) is 4.79 Å². The maximum absolute atomic E-state index is 12.6. The van der Waals surface area contributed by atoms with Gasteiger partial charge in [0, 0.05) is 57.8 Å². The minimum atomic E-state index is -0.256. The number of carbonyl (C=O) groups excluding carboxylic acids is 1. The van der Waals surface area contributed by atoms with Crippen molar-refractivity contribution in [1.29, 1.82) is 0 Å². The van der Waals surface area contributed by atoms with Crippen molar-refractivity contribution in [2.24, 2.45) is 0 Å². The third kappa shape index (κ3) is 3.96. The van der Waals surface area contributed by atoms with Gasteiger partial charge in [-0.3, -0.25) is 9.78 Å². The van der Waals surface area contributed by atoms with Gasteiger partial charge in [0.1, 0.15) is 23.4 Å². The van der Waals surface area contributed by atoms with Crippen molar-refractivity contribution in [3.8, 4) is 0 Å². The second-order valence-corrected chi connectivity index (χ2v) is 5.88. The molecule has 1 saturated heterocycles. The number of imidazole rings is 1. The Morgan fingerprint density at radius 3 is 2.96 bits per heavy atom. The molecule has 1 aliphatic heterocycles. The first-order valence-corrected chi connectivity index (χ1v) is 8.61. The highest BCUT2D eigenvalue weighted by Crippen LogP contribution is 2.25. The van der Waals surface area contributed by atoms with Gasteiger partial charge in [0.05, 0.1) is 13.2 Å². The summed E-state index contributed by atoms with van der Waals surface area (Å²) in [6.07, 6.45) is 8.04. The van der Waals surface area contributed by atoms with Gasteiger partial charge in [0.15, 0.2) is 0 Å². The number of hydrogen-bond donors (Lipinski definition) is 1. The van der Waals surface area contributed by atoms with E-state index in [0.29, 0.717) is 38.5 Å². The van der Waals surface area contributed by atoms with Crippen LogP contribution in [0.2, 0.25) is 0 Å². The lowest BCUT2D eigenvalue weighted by atomic mass is 10.2. The molecule has 1 aliphatic rings. The van der Waals surface area contributed by atoms with E-state index < -0.39 is 0 Å². The predicted molar refractivity (Wildman–Crippen MR) is 93.1 cm³/mol. The summed E-state index contributed by atoms with van der Waals surface area (Å²) in [5.74, 6) is 1.82. The second-order valence-electron chi connectivity index (χ2n) is 5.88. The average Bonchev–Trinajstić information content (AvgIpc) is 3.13. The van der Waals surface area contributed by atoms with E-state index in [-0.39, 0.29) is 12.0 Å². The molecule has 1 fully saturated rings.